The Balaban J connectivity index is 1.63. The van der Waals surface area contributed by atoms with E-state index in [-0.39, 0.29) is 11.3 Å². The molecule has 0 radical (unpaired) electrons. The number of nitrogens with one attached hydrogen (secondary N) is 1. The van der Waals surface area contributed by atoms with Gasteiger partial charge in [-0.05, 0) is 99.1 Å². The van der Waals surface area contributed by atoms with Crippen LogP contribution < -0.4 is 15.0 Å². The summed E-state index contributed by atoms with van der Waals surface area (Å²) in [5.41, 5.74) is 2.62. The van der Waals surface area contributed by atoms with E-state index in [4.69, 9.17) is 16.3 Å². The molecular weight excluding hydrogens is 682 g/mol. The molecule has 34 heavy (non-hydrogen) atoms. The number of aryl methyl sites for hydroxylation is 1. The molecule has 0 spiro atoms. The molecule has 1 heterocycles. The average Bonchev–Trinajstić information content (AvgIpc) is 2.79. The standard InChI is InChI=1S/C25H17ClI2N2O4/c1-14-7-8-17(12-19(14)26)30-24(32)18(23(31)29-25(30)33)9-16-10-20(27)22(21(28)11-16)34-13-15-5-3-2-4-6-15/h2-12H,13H2,1H3,(H,29,31,33)/b18-9-. The zero-order valence-corrected chi connectivity index (χ0v) is 22.8. The summed E-state index contributed by atoms with van der Waals surface area (Å²) in [5.74, 6) is -0.750. The molecule has 0 atom stereocenters. The summed E-state index contributed by atoms with van der Waals surface area (Å²) >= 11 is 10.5. The number of carbonyl (C=O) groups is 3. The molecule has 6 nitrogen and oxygen atoms in total. The summed E-state index contributed by atoms with van der Waals surface area (Å²) in [7, 11) is 0. The monoisotopic (exact) mass is 698 g/mol. The molecular formula is C25H17ClI2N2O4. The lowest BCUT2D eigenvalue weighted by atomic mass is 10.1. The van der Waals surface area contributed by atoms with Crippen molar-refractivity contribution in [2.24, 2.45) is 0 Å². The van der Waals surface area contributed by atoms with Gasteiger partial charge in [-0.3, -0.25) is 14.9 Å². The summed E-state index contributed by atoms with van der Waals surface area (Å²) < 4.78 is 7.66. The topological polar surface area (TPSA) is 75.7 Å². The van der Waals surface area contributed by atoms with E-state index in [9.17, 15) is 14.4 Å². The van der Waals surface area contributed by atoms with Crippen LogP contribution in [-0.4, -0.2) is 17.8 Å². The first-order chi connectivity index (χ1) is 16.2. The van der Waals surface area contributed by atoms with Crippen molar-refractivity contribution < 1.29 is 19.1 Å². The van der Waals surface area contributed by atoms with Crippen LogP contribution in [0.4, 0.5) is 10.5 Å². The molecule has 1 aliphatic rings. The van der Waals surface area contributed by atoms with Gasteiger partial charge >= 0.3 is 6.03 Å². The third kappa shape index (κ3) is 5.28. The van der Waals surface area contributed by atoms with Crippen LogP contribution in [0, 0.1) is 14.1 Å². The summed E-state index contributed by atoms with van der Waals surface area (Å²) in [4.78, 5) is 39.0. The van der Waals surface area contributed by atoms with Crippen LogP contribution >= 0.6 is 56.8 Å². The molecule has 9 heteroatoms. The lowest BCUT2D eigenvalue weighted by Gasteiger charge is -2.26. The van der Waals surface area contributed by atoms with Crippen LogP contribution in [0.15, 0.2) is 66.2 Å². The zero-order valence-electron chi connectivity index (χ0n) is 17.8. The maximum absolute atomic E-state index is 13.1. The molecule has 0 aliphatic carbocycles. The number of nitrogens with zero attached hydrogens (tertiary/aromatic N) is 1. The Kier molecular flexibility index (Phi) is 7.58. The van der Waals surface area contributed by atoms with Gasteiger partial charge in [-0.1, -0.05) is 48.0 Å². The fourth-order valence-electron chi connectivity index (χ4n) is 3.31. The van der Waals surface area contributed by atoms with Gasteiger partial charge in [0.25, 0.3) is 11.8 Å². The first-order valence-corrected chi connectivity index (χ1v) is 12.6. The van der Waals surface area contributed by atoms with E-state index >= 15 is 0 Å². The highest BCUT2D eigenvalue weighted by Crippen LogP contribution is 2.32. The predicted octanol–water partition coefficient (Wildman–Crippen LogP) is 6.10. The van der Waals surface area contributed by atoms with Gasteiger partial charge in [0.2, 0.25) is 0 Å². The molecule has 4 amide bonds. The minimum Gasteiger partial charge on any atom is -0.487 e. The number of amides is 4. The van der Waals surface area contributed by atoms with Crippen molar-refractivity contribution in [3.63, 3.8) is 0 Å². The van der Waals surface area contributed by atoms with E-state index < -0.39 is 17.8 Å². The van der Waals surface area contributed by atoms with Crippen LogP contribution in [0.1, 0.15) is 16.7 Å². The SMILES string of the molecule is Cc1ccc(N2C(=O)NC(=O)/C(=C/c3cc(I)c(OCc4ccccc4)c(I)c3)C2=O)cc1Cl. The van der Waals surface area contributed by atoms with Crippen molar-refractivity contribution >= 4 is 86.4 Å². The largest absolute Gasteiger partial charge is 0.487 e. The lowest BCUT2D eigenvalue weighted by molar-refractivity contribution is -0.122. The Bertz CT molecular complexity index is 1320. The molecule has 0 aromatic heterocycles. The van der Waals surface area contributed by atoms with Crippen LogP contribution in [-0.2, 0) is 16.2 Å². The second-order valence-electron chi connectivity index (χ2n) is 7.48. The van der Waals surface area contributed by atoms with Crippen LogP contribution in [0.2, 0.25) is 5.02 Å². The van der Waals surface area contributed by atoms with Crippen molar-refractivity contribution in [1.82, 2.24) is 5.32 Å². The van der Waals surface area contributed by atoms with Gasteiger partial charge < -0.3 is 4.74 Å². The normalized spacial score (nSPS) is 15.0. The number of hydrogen-bond acceptors (Lipinski definition) is 4. The van der Waals surface area contributed by atoms with Crippen molar-refractivity contribution in [2.45, 2.75) is 13.5 Å². The number of rotatable bonds is 5. The minimum atomic E-state index is -0.819. The molecule has 1 saturated heterocycles. The fourth-order valence-corrected chi connectivity index (χ4v) is 5.61. The maximum Gasteiger partial charge on any atom is 0.335 e. The number of imide groups is 2. The van der Waals surface area contributed by atoms with E-state index in [0.29, 0.717) is 17.2 Å². The number of ether oxygens (including phenoxy) is 1. The number of barbiturate groups is 1. The van der Waals surface area contributed by atoms with E-state index in [2.05, 4.69) is 50.5 Å². The number of anilines is 1. The first kappa shape index (κ1) is 24.7. The molecule has 0 unspecified atom stereocenters. The smallest absolute Gasteiger partial charge is 0.335 e. The molecule has 0 saturated carbocycles. The Labute approximate surface area is 228 Å². The van der Waals surface area contributed by atoms with E-state index in [1.807, 2.05) is 49.4 Å². The number of urea groups is 1. The highest BCUT2D eigenvalue weighted by molar-refractivity contribution is 14.1. The molecule has 3 aromatic carbocycles. The van der Waals surface area contributed by atoms with Crippen LogP contribution in [0.25, 0.3) is 6.08 Å². The van der Waals surface area contributed by atoms with Gasteiger partial charge in [0, 0.05) is 5.02 Å². The van der Waals surface area contributed by atoms with Crippen molar-refractivity contribution in [3.05, 3.63) is 95.1 Å². The second kappa shape index (κ2) is 10.4. The Morgan fingerprint density at radius 3 is 2.32 bits per heavy atom. The molecule has 0 bridgehead atoms. The summed E-state index contributed by atoms with van der Waals surface area (Å²) in [5, 5.41) is 2.64. The zero-order chi connectivity index (χ0) is 24.4. The second-order valence-corrected chi connectivity index (χ2v) is 10.2. The highest BCUT2D eigenvalue weighted by atomic mass is 127. The molecule has 172 valence electrons. The molecule has 1 fully saturated rings. The van der Waals surface area contributed by atoms with Gasteiger partial charge in [-0.25, -0.2) is 9.69 Å². The third-order valence-corrected chi connectivity index (χ3v) is 7.08. The lowest BCUT2D eigenvalue weighted by Crippen LogP contribution is -2.54. The van der Waals surface area contributed by atoms with Gasteiger partial charge in [0.05, 0.1) is 12.8 Å². The quantitative estimate of drug-likeness (QED) is 0.199. The summed E-state index contributed by atoms with van der Waals surface area (Å²) in [6, 6.07) is 17.5. The van der Waals surface area contributed by atoms with Gasteiger partial charge in [0.15, 0.2) is 0 Å². The molecule has 4 rings (SSSR count). The summed E-state index contributed by atoms with van der Waals surface area (Å²) in [6.07, 6.45) is 1.47. The van der Waals surface area contributed by atoms with Crippen LogP contribution in [0.3, 0.4) is 0 Å². The highest BCUT2D eigenvalue weighted by Gasteiger charge is 2.37. The minimum absolute atomic E-state index is 0.152. The third-order valence-electron chi connectivity index (χ3n) is 5.07. The average molecular weight is 699 g/mol. The van der Waals surface area contributed by atoms with Crippen molar-refractivity contribution in [1.29, 1.82) is 0 Å². The van der Waals surface area contributed by atoms with Crippen LogP contribution in [0.5, 0.6) is 5.75 Å². The van der Waals surface area contributed by atoms with Gasteiger partial charge in [-0.15, -0.1) is 0 Å². The van der Waals surface area contributed by atoms with E-state index in [0.717, 1.165) is 28.9 Å². The van der Waals surface area contributed by atoms with Crippen molar-refractivity contribution in [3.8, 4) is 5.75 Å². The molecule has 1 N–H and O–H groups in total. The number of benzene rings is 3. The summed E-state index contributed by atoms with van der Waals surface area (Å²) in [6.45, 7) is 2.24. The van der Waals surface area contributed by atoms with E-state index in [1.54, 1.807) is 12.1 Å². The molecule has 1 aliphatic heterocycles. The number of hydrogen-bond donors (Lipinski definition) is 1. The predicted molar refractivity (Wildman–Crippen MR) is 148 cm³/mol. The fraction of sp³-hybridized carbons (Fsp3) is 0.0800. The number of carbonyl (C=O) groups excluding carboxylic acids is 3. The van der Waals surface area contributed by atoms with Crippen molar-refractivity contribution in [2.75, 3.05) is 4.90 Å². The number of halogens is 3. The Hall–Kier alpha value is -2.44. The molecule has 3 aromatic rings. The maximum atomic E-state index is 13.1. The van der Waals surface area contributed by atoms with E-state index in [1.165, 1.54) is 12.1 Å². The Morgan fingerprint density at radius 2 is 1.68 bits per heavy atom. The Morgan fingerprint density at radius 1 is 1.00 bits per heavy atom. The van der Waals surface area contributed by atoms with Gasteiger partial charge in [-0.2, -0.15) is 0 Å². The first-order valence-electron chi connectivity index (χ1n) is 10.1. The van der Waals surface area contributed by atoms with Gasteiger partial charge in [0.1, 0.15) is 17.9 Å².